The average Bonchev–Trinajstić information content (AvgIpc) is 1.81. The van der Waals surface area contributed by atoms with Crippen molar-refractivity contribution < 1.29 is 1.37 Å². The molecule has 0 aliphatic carbocycles. The Hall–Kier alpha value is 0. The van der Waals surface area contributed by atoms with Gasteiger partial charge in [0.1, 0.15) is 0 Å². The predicted octanol–water partition coefficient (Wildman–Crippen LogP) is 4.74. The van der Waals surface area contributed by atoms with Crippen molar-refractivity contribution in [1.82, 2.24) is 0 Å². The zero-order valence-corrected chi connectivity index (χ0v) is 11.0. The minimum absolute atomic E-state index is 0.00375. The topological polar surface area (TPSA) is 0 Å². The second-order valence-electron chi connectivity index (χ2n) is 6.75. The third-order valence-electron chi connectivity index (χ3n) is 3.94. The molecule has 13 heavy (non-hydrogen) atoms. The maximum absolute atomic E-state index is 8.64. The van der Waals surface area contributed by atoms with Crippen molar-refractivity contribution in [1.29, 1.82) is 0 Å². The summed E-state index contributed by atoms with van der Waals surface area (Å²) >= 11 is 0. The average molecular weight is 185 g/mol. The molecule has 80 valence electrons. The monoisotopic (exact) mass is 185 g/mol. The molecule has 0 aromatic rings. The van der Waals surface area contributed by atoms with Crippen molar-refractivity contribution in [3.8, 4) is 0 Å². The van der Waals surface area contributed by atoms with Gasteiger partial charge in [0.05, 0.1) is 0 Å². The van der Waals surface area contributed by atoms with E-state index in [2.05, 4.69) is 62.3 Å². The van der Waals surface area contributed by atoms with Crippen LogP contribution in [-0.2, 0) is 0 Å². The van der Waals surface area contributed by atoms with E-state index in [0.29, 0.717) is 0 Å². The number of hydrogen-bond acceptors (Lipinski definition) is 0. The Kier molecular flexibility index (Phi) is 2.81. The van der Waals surface area contributed by atoms with Gasteiger partial charge in [-0.3, -0.25) is 0 Å². The maximum Gasteiger partial charge on any atom is 0.0311 e. The van der Waals surface area contributed by atoms with Crippen LogP contribution in [-0.4, -0.2) is 0 Å². The molecule has 0 N–H and O–H groups in total. The molecule has 0 bridgehead atoms. The van der Waals surface area contributed by atoms with Crippen LogP contribution in [0.25, 0.3) is 0 Å². The zero-order chi connectivity index (χ0) is 12.0. The van der Waals surface area contributed by atoms with Crippen LogP contribution in [0, 0.1) is 22.1 Å². The lowest BCUT2D eigenvalue weighted by Crippen LogP contribution is -2.41. The van der Waals surface area contributed by atoms with E-state index in [9.17, 15) is 0 Å². The highest BCUT2D eigenvalue weighted by Gasteiger charge is 2.42. The molecule has 0 saturated carbocycles. The third kappa shape index (κ3) is 2.72. The molecule has 0 aromatic carbocycles. The van der Waals surface area contributed by atoms with E-state index in [-0.39, 0.29) is 16.2 Å². The Morgan fingerprint density at radius 1 is 0.846 bits per heavy atom. The van der Waals surface area contributed by atoms with E-state index in [0.717, 1.165) is 0 Å². The van der Waals surface area contributed by atoms with Gasteiger partial charge in [0, 0.05) is 1.37 Å². The van der Waals surface area contributed by atoms with Crippen LogP contribution in [0.15, 0.2) is 0 Å². The van der Waals surface area contributed by atoms with Crippen molar-refractivity contribution in [3.63, 3.8) is 0 Å². The summed E-state index contributed by atoms with van der Waals surface area (Å²) in [7, 11) is 0. The van der Waals surface area contributed by atoms with E-state index >= 15 is 0 Å². The van der Waals surface area contributed by atoms with E-state index in [1.54, 1.807) is 0 Å². The molecule has 0 rings (SSSR count). The highest BCUT2D eigenvalue weighted by atomic mass is 14.5. The van der Waals surface area contributed by atoms with Crippen molar-refractivity contribution in [3.05, 3.63) is 0 Å². The fourth-order valence-corrected chi connectivity index (χ4v) is 1.50. The van der Waals surface area contributed by atoms with E-state index in [1.807, 2.05) is 0 Å². The van der Waals surface area contributed by atoms with Crippen molar-refractivity contribution >= 4 is 0 Å². The van der Waals surface area contributed by atoms with E-state index in [4.69, 9.17) is 1.37 Å². The molecule has 0 amide bonds. The van der Waals surface area contributed by atoms with Gasteiger partial charge < -0.3 is 0 Å². The molecule has 1 unspecified atom stereocenters. The van der Waals surface area contributed by atoms with Crippen molar-refractivity contribution in [2.45, 2.75) is 62.3 Å². The van der Waals surface area contributed by atoms with Crippen LogP contribution < -0.4 is 0 Å². The quantitative estimate of drug-likeness (QED) is 0.553. The molecule has 0 aliphatic rings. The Morgan fingerprint density at radius 3 is 1.23 bits per heavy atom. The second-order valence-corrected chi connectivity index (χ2v) is 6.75. The molecule has 0 aliphatic heterocycles. The SMILES string of the molecule is [2H]C(C)(C(C)(C)C)C(C)(C)C(C)(C)C. The molecule has 0 fully saturated rings. The molecule has 1 atom stereocenters. The van der Waals surface area contributed by atoms with E-state index < -0.39 is 5.89 Å². The molecule has 0 heteroatoms. The summed E-state index contributed by atoms with van der Waals surface area (Å²) in [6.45, 7) is 19.7. The predicted molar refractivity (Wildman–Crippen MR) is 61.9 cm³/mol. The van der Waals surface area contributed by atoms with Crippen LogP contribution in [0.1, 0.15) is 63.7 Å². The molecule has 0 heterocycles. The van der Waals surface area contributed by atoms with E-state index in [1.165, 1.54) is 0 Å². The highest BCUT2D eigenvalue weighted by molar-refractivity contribution is 4.91. The summed E-state index contributed by atoms with van der Waals surface area (Å²) in [6, 6.07) is 0. The van der Waals surface area contributed by atoms with Gasteiger partial charge in [-0.05, 0) is 22.1 Å². The van der Waals surface area contributed by atoms with Crippen LogP contribution in [0.2, 0.25) is 0 Å². The minimum atomic E-state index is -0.432. The number of hydrogen-bond donors (Lipinski definition) is 0. The summed E-state index contributed by atoms with van der Waals surface area (Å²) in [5.74, 6) is -0.432. The van der Waals surface area contributed by atoms with Gasteiger partial charge in [0.25, 0.3) is 0 Å². The molecule has 0 saturated heterocycles. The van der Waals surface area contributed by atoms with Gasteiger partial charge in [-0.1, -0.05) is 62.3 Å². The maximum atomic E-state index is 8.64. The fourth-order valence-electron chi connectivity index (χ4n) is 1.50. The van der Waals surface area contributed by atoms with Crippen LogP contribution in [0.5, 0.6) is 0 Å². The molecule has 0 spiro atoms. The summed E-state index contributed by atoms with van der Waals surface area (Å²) < 4.78 is 8.64. The Labute approximate surface area is 86.5 Å². The lowest BCUT2D eigenvalue weighted by molar-refractivity contribution is 0.00321. The molecule has 0 aromatic heterocycles. The molecule has 0 nitrogen and oxygen atoms in total. The summed E-state index contributed by atoms with van der Waals surface area (Å²) in [6.07, 6.45) is 0. The molecule has 0 radical (unpaired) electrons. The van der Waals surface area contributed by atoms with Gasteiger partial charge in [-0.25, -0.2) is 0 Å². The largest absolute Gasteiger partial charge is 0.0615 e. The van der Waals surface area contributed by atoms with Gasteiger partial charge in [-0.15, -0.1) is 0 Å². The van der Waals surface area contributed by atoms with Gasteiger partial charge in [0.15, 0.2) is 0 Å². The van der Waals surface area contributed by atoms with Crippen molar-refractivity contribution in [2.75, 3.05) is 0 Å². The highest BCUT2D eigenvalue weighted by Crippen LogP contribution is 2.50. The first-order valence-electron chi connectivity index (χ1n) is 5.75. The smallest absolute Gasteiger partial charge is 0.0311 e. The lowest BCUT2D eigenvalue weighted by atomic mass is 9.56. The first-order chi connectivity index (χ1) is 5.75. The first kappa shape index (κ1) is 11.1. The lowest BCUT2D eigenvalue weighted by Gasteiger charge is -2.49. The van der Waals surface area contributed by atoms with Crippen LogP contribution in [0.4, 0.5) is 0 Å². The fraction of sp³-hybridized carbons (Fsp3) is 1.00. The standard InChI is InChI=1S/C13H28/c1-10(11(2,3)4)13(8,9)12(5,6)7/h10H,1-9H3/i10D. The Morgan fingerprint density at radius 2 is 1.15 bits per heavy atom. The van der Waals surface area contributed by atoms with Gasteiger partial charge in [-0.2, -0.15) is 0 Å². The van der Waals surface area contributed by atoms with Gasteiger partial charge in [0.2, 0.25) is 0 Å². The van der Waals surface area contributed by atoms with Crippen LogP contribution >= 0.6 is 0 Å². The molecular weight excluding hydrogens is 156 g/mol. The van der Waals surface area contributed by atoms with Crippen LogP contribution in [0.3, 0.4) is 0 Å². The Balaban J connectivity index is 5.30. The second kappa shape index (κ2) is 3.29. The number of rotatable bonds is 1. The third-order valence-corrected chi connectivity index (χ3v) is 3.94. The van der Waals surface area contributed by atoms with Gasteiger partial charge >= 0.3 is 0 Å². The summed E-state index contributed by atoms with van der Waals surface area (Å²) in [4.78, 5) is 0. The molecular formula is C13H28. The van der Waals surface area contributed by atoms with Crippen molar-refractivity contribution in [2.24, 2.45) is 22.1 Å². The zero-order valence-electron chi connectivity index (χ0n) is 12.0. The first-order valence-corrected chi connectivity index (χ1v) is 5.25. The summed E-state index contributed by atoms with van der Waals surface area (Å²) in [5.41, 5.74) is 0.138. The normalized spacial score (nSPS) is 20.8. The minimum Gasteiger partial charge on any atom is -0.0615 e. The summed E-state index contributed by atoms with van der Waals surface area (Å²) in [5, 5.41) is 0. The Bertz CT molecular complexity index is 174.